The van der Waals surface area contributed by atoms with E-state index in [9.17, 15) is 0 Å². The van der Waals surface area contributed by atoms with Crippen LogP contribution in [0.25, 0.3) is 22.2 Å². The van der Waals surface area contributed by atoms with E-state index in [0.29, 0.717) is 5.15 Å². The standard InChI is InChI=1S/C18H21ClN6/c1-23-5-7-25(8-6-23)12-17-14(11-24(2)22-17)13-9-16-15(20-10-13)3-4-18(19)21-16/h3-4,9-11H,5-8,12H2,1-2H3. The van der Waals surface area contributed by atoms with Crippen molar-refractivity contribution >= 4 is 22.6 Å². The molecule has 0 N–H and O–H groups in total. The minimum Gasteiger partial charge on any atom is -0.304 e. The van der Waals surface area contributed by atoms with E-state index in [1.165, 1.54) is 0 Å². The second kappa shape index (κ2) is 6.71. The highest BCUT2D eigenvalue weighted by atomic mass is 35.5. The van der Waals surface area contributed by atoms with Crippen molar-refractivity contribution in [2.45, 2.75) is 6.54 Å². The molecule has 0 aromatic carbocycles. The van der Waals surface area contributed by atoms with Crippen LogP contribution in [-0.4, -0.2) is 62.8 Å². The SMILES string of the molecule is CN1CCN(Cc2nn(C)cc2-c2cnc3ccc(Cl)nc3c2)CC1. The number of hydrogen-bond donors (Lipinski definition) is 0. The van der Waals surface area contributed by atoms with Gasteiger partial charge in [-0.15, -0.1) is 0 Å². The van der Waals surface area contributed by atoms with Gasteiger partial charge in [0.25, 0.3) is 0 Å². The first kappa shape index (κ1) is 16.4. The zero-order valence-corrected chi connectivity index (χ0v) is 15.2. The summed E-state index contributed by atoms with van der Waals surface area (Å²) in [4.78, 5) is 13.7. The molecule has 130 valence electrons. The fourth-order valence-corrected chi connectivity index (χ4v) is 3.39. The number of rotatable bonds is 3. The Morgan fingerprint density at radius 1 is 1.08 bits per heavy atom. The van der Waals surface area contributed by atoms with E-state index in [1.807, 2.05) is 30.1 Å². The Kier molecular flexibility index (Phi) is 4.41. The van der Waals surface area contributed by atoms with Crippen LogP contribution in [0.2, 0.25) is 5.15 Å². The molecule has 0 aliphatic carbocycles. The Bertz CT molecular complexity index is 898. The first-order valence-electron chi connectivity index (χ1n) is 8.44. The fourth-order valence-electron chi connectivity index (χ4n) is 3.24. The summed E-state index contributed by atoms with van der Waals surface area (Å²) >= 11 is 6.03. The van der Waals surface area contributed by atoms with Crippen molar-refractivity contribution in [1.29, 1.82) is 0 Å². The Morgan fingerprint density at radius 3 is 2.68 bits per heavy atom. The maximum Gasteiger partial charge on any atom is 0.129 e. The molecule has 4 heterocycles. The zero-order valence-electron chi connectivity index (χ0n) is 14.5. The van der Waals surface area contributed by atoms with Gasteiger partial charge in [0.05, 0.1) is 16.7 Å². The summed E-state index contributed by atoms with van der Waals surface area (Å²) in [5, 5.41) is 5.17. The summed E-state index contributed by atoms with van der Waals surface area (Å²) in [5.74, 6) is 0. The first-order valence-corrected chi connectivity index (χ1v) is 8.82. The van der Waals surface area contributed by atoms with Gasteiger partial charge in [-0.05, 0) is 25.2 Å². The van der Waals surface area contributed by atoms with Gasteiger partial charge >= 0.3 is 0 Å². The van der Waals surface area contributed by atoms with Crippen molar-refractivity contribution in [3.8, 4) is 11.1 Å². The Hall–Kier alpha value is -2.02. The van der Waals surface area contributed by atoms with E-state index in [0.717, 1.165) is 60.6 Å². The molecule has 0 saturated carbocycles. The lowest BCUT2D eigenvalue weighted by molar-refractivity contribution is 0.147. The number of hydrogen-bond acceptors (Lipinski definition) is 5. The van der Waals surface area contributed by atoms with Crippen LogP contribution < -0.4 is 0 Å². The topological polar surface area (TPSA) is 50.1 Å². The lowest BCUT2D eigenvalue weighted by atomic mass is 10.1. The molecule has 0 amide bonds. The minimum absolute atomic E-state index is 0.482. The van der Waals surface area contributed by atoms with Gasteiger partial charge in [0.1, 0.15) is 5.15 Å². The molecule has 1 aliphatic heterocycles. The monoisotopic (exact) mass is 356 g/mol. The van der Waals surface area contributed by atoms with Gasteiger partial charge in [-0.2, -0.15) is 5.10 Å². The van der Waals surface area contributed by atoms with Crippen molar-refractivity contribution in [3.63, 3.8) is 0 Å². The van der Waals surface area contributed by atoms with Crippen molar-refractivity contribution in [2.75, 3.05) is 33.2 Å². The largest absolute Gasteiger partial charge is 0.304 e. The van der Waals surface area contributed by atoms with Crippen LogP contribution in [0, 0.1) is 0 Å². The van der Waals surface area contributed by atoms with Crippen molar-refractivity contribution in [2.24, 2.45) is 7.05 Å². The number of halogens is 1. The van der Waals surface area contributed by atoms with Gasteiger partial charge < -0.3 is 4.90 Å². The van der Waals surface area contributed by atoms with Crippen LogP contribution in [-0.2, 0) is 13.6 Å². The van der Waals surface area contributed by atoms with Crippen molar-refractivity contribution < 1.29 is 0 Å². The van der Waals surface area contributed by atoms with Crippen LogP contribution in [0.1, 0.15) is 5.69 Å². The third-order valence-corrected chi connectivity index (χ3v) is 4.90. The highest BCUT2D eigenvalue weighted by Crippen LogP contribution is 2.26. The summed E-state index contributed by atoms with van der Waals surface area (Å²) < 4.78 is 1.87. The average molecular weight is 357 g/mol. The maximum atomic E-state index is 6.03. The van der Waals surface area contributed by atoms with Gasteiger partial charge in [-0.1, -0.05) is 11.6 Å². The van der Waals surface area contributed by atoms with Crippen molar-refractivity contribution in [1.82, 2.24) is 29.5 Å². The number of likely N-dealkylation sites (N-methyl/N-ethyl adjacent to an activating group) is 1. The number of nitrogens with zero attached hydrogens (tertiary/aromatic N) is 6. The number of aryl methyl sites for hydroxylation is 1. The molecule has 3 aromatic rings. The Labute approximate surface area is 152 Å². The third-order valence-electron chi connectivity index (χ3n) is 4.69. The molecule has 0 unspecified atom stereocenters. The van der Waals surface area contributed by atoms with Gasteiger partial charge in [0, 0.05) is 63.3 Å². The van der Waals surface area contributed by atoms with E-state index in [2.05, 4.69) is 38.1 Å². The molecule has 1 aliphatic rings. The quantitative estimate of drug-likeness (QED) is 0.675. The lowest BCUT2D eigenvalue weighted by Crippen LogP contribution is -2.44. The molecule has 7 heteroatoms. The second-order valence-corrected chi connectivity index (χ2v) is 7.03. The highest BCUT2D eigenvalue weighted by Gasteiger charge is 2.18. The minimum atomic E-state index is 0.482. The molecule has 1 saturated heterocycles. The van der Waals surface area contributed by atoms with Gasteiger partial charge in [-0.25, -0.2) is 4.98 Å². The molecule has 0 atom stereocenters. The van der Waals surface area contributed by atoms with Gasteiger partial charge in [-0.3, -0.25) is 14.6 Å². The molecule has 0 bridgehead atoms. The molecule has 0 radical (unpaired) electrons. The summed E-state index contributed by atoms with van der Waals surface area (Å²) in [7, 11) is 4.13. The molecule has 4 rings (SSSR count). The van der Waals surface area contributed by atoms with Crippen LogP contribution in [0.3, 0.4) is 0 Å². The van der Waals surface area contributed by atoms with Gasteiger partial charge in [0.15, 0.2) is 0 Å². The number of pyridine rings is 2. The third kappa shape index (κ3) is 3.51. The number of fused-ring (bicyclic) bond motifs is 1. The fraction of sp³-hybridized carbons (Fsp3) is 0.389. The average Bonchev–Trinajstić information content (AvgIpc) is 2.96. The second-order valence-electron chi connectivity index (χ2n) is 6.64. The summed E-state index contributed by atoms with van der Waals surface area (Å²) in [6, 6.07) is 5.70. The van der Waals surface area contributed by atoms with E-state index >= 15 is 0 Å². The number of aromatic nitrogens is 4. The predicted molar refractivity (Wildman–Crippen MR) is 99.5 cm³/mol. The molecule has 6 nitrogen and oxygen atoms in total. The molecule has 3 aromatic heterocycles. The van der Waals surface area contributed by atoms with Gasteiger partial charge in [0.2, 0.25) is 0 Å². The van der Waals surface area contributed by atoms with E-state index < -0.39 is 0 Å². The summed E-state index contributed by atoms with van der Waals surface area (Å²) in [6.45, 7) is 5.19. The molecular formula is C18H21ClN6. The number of piperazine rings is 1. The molecule has 25 heavy (non-hydrogen) atoms. The molecule has 1 fully saturated rings. The summed E-state index contributed by atoms with van der Waals surface area (Å²) in [6.07, 6.45) is 3.95. The highest BCUT2D eigenvalue weighted by molar-refractivity contribution is 6.29. The molecular weight excluding hydrogens is 336 g/mol. The maximum absolute atomic E-state index is 6.03. The summed E-state index contributed by atoms with van der Waals surface area (Å²) in [5.41, 5.74) is 4.87. The molecule has 0 spiro atoms. The van der Waals surface area contributed by atoms with Crippen LogP contribution in [0.15, 0.2) is 30.6 Å². The van der Waals surface area contributed by atoms with Crippen LogP contribution in [0.4, 0.5) is 0 Å². The van der Waals surface area contributed by atoms with E-state index in [1.54, 1.807) is 6.07 Å². The smallest absolute Gasteiger partial charge is 0.129 e. The Balaban J connectivity index is 1.66. The van der Waals surface area contributed by atoms with Crippen LogP contribution >= 0.6 is 11.6 Å². The normalized spacial score (nSPS) is 16.6. The van der Waals surface area contributed by atoms with Crippen LogP contribution in [0.5, 0.6) is 0 Å². The van der Waals surface area contributed by atoms with E-state index in [4.69, 9.17) is 11.6 Å². The Morgan fingerprint density at radius 2 is 1.88 bits per heavy atom. The first-order chi connectivity index (χ1) is 12.1. The predicted octanol–water partition coefficient (Wildman–Crippen LogP) is 2.43. The van der Waals surface area contributed by atoms with E-state index in [-0.39, 0.29) is 0 Å². The zero-order chi connectivity index (χ0) is 17.4. The lowest BCUT2D eigenvalue weighted by Gasteiger charge is -2.32. The van der Waals surface area contributed by atoms with Crippen molar-refractivity contribution in [3.05, 3.63) is 41.4 Å².